The molecule has 2 rings (SSSR count). The zero-order valence-electron chi connectivity index (χ0n) is 7.45. The first-order valence-electron chi connectivity index (χ1n) is 4.24. The molecule has 0 N–H and O–H groups in total. The van der Waals surface area contributed by atoms with Crippen LogP contribution in [0.2, 0.25) is 0 Å². The summed E-state index contributed by atoms with van der Waals surface area (Å²) in [5, 5.41) is 11.6. The Morgan fingerprint density at radius 1 is 1.29 bits per heavy atom. The second-order valence-corrected chi connectivity index (χ2v) is 3.69. The van der Waals surface area contributed by atoms with Crippen LogP contribution in [0.1, 0.15) is 12.0 Å². The molecule has 1 aromatic heterocycles. The molecule has 0 unspecified atom stereocenters. The highest BCUT2D eigenvalue weighted by Gasteiger charge is 1.98. The van der Waals surface area contributed by atoms with E-state index < -0.39 is 0 Å². The number of fused-ring (bicyclic) bond motifs is 1. The molecule has 0 saturated heterocycles. The van der Waals surface area contributed by atoms with Crippen LogP contribution in [0.5, 0.6) is 0 Å². The van der Waals surface area contributed by atoms with Crippen molar-refractivity contribution in [2.45, 2.75) is 6.42 Å². The fraction of sp³-hybridized carbons (Fsp3) is 0.0833. The molecule has 0 fully saturated rings. The lowest BCUT2D eigenvalue weighted by Crippen LogP contribution is -1.69. The number of thiophene rings is 1. The van der Waals surface area contributed by atoms with Crippen LogP contribution in [-0.4, -0.2) is 0 Å². The zero-order chi connectivity index (χ0) is 9.80. The van der Waals surface area contributed by atoms with Crippen molar-refractivity contribution in [2.75, 3.05) is 0 Å². The van der Waals surface area contributed by atoms with Gasteiger partial charge in [-0.1, -0.05) is 30.0 Å². The second kappa shape index (κ2) is 3.96. The molecule has 66 valence electrons. The van der Waals surface area contributed by atoms with E-state index in [2.05, 4.69) is 24.0 Å². The predicted octanol–water partition coefficient (Wildman–Crippen LogP) is 3.17. The van der Waals surface area contributed by atoms with Gasteiger partial charge in [0, 0.05) is 21.0 Å². The van der Waals surface area contributed by atoms with Crippen LogP contribution in [0.25, 0.3) is 10.1 Å². The summed E-state index contributed by atoms with van der Waals surface area (Å²) in [6.07, 6.45) is 0.296. The fourth-order valence-electron chi connectivity index (χ4n) is 1.25. The van der Waals surface area contributed by atoms with Gasteiger partial charge < -0.3 is 0 Å². The molecular weight excluding hydrogens is 190 g/mol. The summed E-state index contributed by atoms with van der Waals surface area (Å²) in [5.74, 6) is 5.83. The number of rotatable bonds is 0. The summed E-state index contributed by atoms with van der Waals surface area (Å²) < 4.78 is 1.24. The van der Waals surface area contributed by atoms with Crippen LogP contribution >= 0.6 is 11.3 Å². The minimum atomic E-state index is 0.296. The highest BCUT2D eigenvalue weighted by molar-refractivity contribution is 7.17. The van der Waals surface area contributed by atoms with E-state index in [1.807, 2.05) is 23.6 Å². The van der Waals surface area contributed by atoms with Crippen molar-refractivity contribution >= 4 is 21.4 Å². The van der Waals surface area contributed by atoms with Gasteiger partial charge in [0.15, 0.2) is 0 Å². The van der Waals surface area contributed by atoms with Gasteiger partial charge in [-0.2, -0.15) is 5.26 Å². The molecule has 0 atom stereocenters. The maximum absolute atomic E-state index is 8.36. The minimum Gasteiger partial charge on any atom is -0.197 e. The van der Waals surface area contributed by atoms with Crippen molar-refractivity contribution in [3.8, 4) is 17.9 Å². The van der Waals surface area contributed by atoms with Crippen LogP contribution in [-0.2, 0) is 0 Å². The third-order valence-corrected chi connectivity index (χ3v) is 2.83. The Bertz CT molecular complexity index is 549. The van der Waals surface area contributed by atoms with Crippen molar-refractivity contribution in [1.29, 1.82) is 5.26 Å². The highest BCUT2D eigenvalue weighted by Crippen LogP contribution is 2.24. The van der Waals surface area contributed by atoms with E-state index in [0.29, 0.717) is 6.42 Å². The Labute approximate surface area is 86.6 Å². The van der Waals surface area contributed by atoms with E-state index in [0.717, 1.165) is 5.56 Å². The predicted molar refractivity (Wildman–Crippen MR) is 58.9 cm³/mol. The molecule has 1 heterocycles. The first-order valence-corrected chi connectivity index (χ1v) is 5.12. The molecule has 0 radical (unpaired) electrons. The van der Waals surface area contributed by atoms with Gasteiger partial charge in [-0.05, 0) is 6.07 Å². The van der Waals surface area contributed by atoms with Gasteiger partial charge >= 0.3 is 0 Å². The summed E-state index contributed by atoms with van der Waals surface area (Å²) in [7, 11) is 0. The topological polar surface area (TPSA) is 23.8 Å². The maximum Gasteiger partial charge on any atom is 0.0966 e. The molecular formula is C12H7NS. The zero-order valence-corrected chi connectivity index (χ0v) is 8.27. The van der Waals surface area contributed by atoms with Gasteiger partial charge in [0.1, 0.15) is 0 Å². The molecule has 0 amide bonds. The monoisotopic (exact) mass is 197 g/mol. The average molecular weight is 197 g/mol. The van der Waals surface area contributed by atoms with E-state index in [9.17, 15) is 0 Å². The third-order valence-electron chi connectivity index (χ3n) is 1.87. The quantitative estimate of drug-likeness (QED) is 0.595. The Morgan fingerprint density at radius 3 is 3.00 bits per heavy atom. The van der Waals surface area contributed by atoms with Crippen molar-refractivity contribution in [3.63, 3.8) is 0 Å². The van der Waals surface area contributed by atoms with Crippen LogP contribution in [0, 0.1) is 23.2 Å². The third kappa shape index (κ3) is 1.62. The average Bonchev–Trinajstić information content (AvgIpc) is 2.63. The van der Waals surface area contributed by atoms with Crippen LogP contribution in [0.4, 0.5) is 0 Å². The number of hydrogen-bond acceptors (Lipinski definition) is 2. The minimum absolute atomic E-state index is 0.296. The number of benzene rings is 1. The first-order chi connectivity index (χ1) is 6.92. The normalized spacial score (nSPS) is 9.07. The highest BCUT2D eigenvalue weighted by atomic mass is 32.1. The summed E-state index contributed by atoms with van der Waals surface area (Å²) in [5.41, 5.74) is 1.03. The SMILES string of the molecule is N#CCC#Cc1csc2ccccc12. The van der Waals surface area contributed by atoms with Crippen molar-refractivity contribution in [2.24, 2.45) is 0 Å². The largest absolute Gasteiger partial charge is 0.197 e. The standard InChI is InChI=1S/C12H7NS/c13-8-4-3-5-10-9-14-12-7-2-1-6-11(10)12/h1-2,6-7,9H,4H2. The number of nitriles is 1. The van der Waals surface area contributed by atoms with E-state index in [-0.39, 0.29) is 0 Å². The molecule has 2 heteroatoms. The molecule has 14 heavy (non-hydrogen) atoms. The molecule has 0 saturated carbocycles. The summed E-state index contributed by atoms with van der Waals surface area (Å²) in [6, 6.07) is 10.2. The van der Waals surface area contributed by atoms with Crippen LogP contribution < -0.4 is 0 Å². The molecule has 0 aliphatic carbocycles. The number of nitrogens with zero attached hydrogens (tertiary/aromatic N) is 1. The molecule has 1 nitrogen and oxygen atoms in total. The Kier molecular flexibility index (Phi) is 2.49. The van der Waals surface area contributed by atoms with Gasteiger partial charge in [0.2, 0.25) is 0 Å². The molecule has 0 bridgehead atoms. The molecule has 0 aliphatic rings. The maximum atomic E-state index is 8.36. The van der Waals surface area contributed by atoms with Crippen LogP contribution in [0.15, 0.2) is 29.6 Å². The lowest BCUT2D eigenvalue weighted by Gasteiger charge is -1.87. The lowest BCUT2D eigenvalue weighted by molar-refractivity contribution is 1.40. The van der Waals surface area contributed by atoms with E-state index in [1.165, 1.54) is 10.1 Å². The summed E-state index contributed by atoms with van der Waals surface area (Å²) in [6.45, 7) is 0. The second-order valence-electron chi connectivity index (χ2n) is 2.78. The van der Waals surface area contributed by atoms with Crippen molar-refractivity contribution in [1.82, 2.24) is 0 Å². The van der Waals surface area contributed by atoms with Crippen LogP contribution in [0.3, 0.4) is 0 Å². The Balaban J connectivity index is 2.46. The van der Waals surface area contributed by atoms with E-state index in [4.69, 9.17) is 5.26 Å². The molecule has 2 aromatic rings. The van der Waals surface area contributed by atoms with Gasteiger partial charge in [-0.3, -0.25) is 0 Å². The van der Waals surface area contributed by atoms with Gasteiger partial charge in [0.05, 0.1) is 12.5 Å². The lowest BCUT2D eigenvalue weighted by atomic mass is 10.2. The van der Waals surface area contributed by atoms with Gasteiger partial charge in [-0.15, -0.1) is 11.3 Å². The van der Waals surface area contributed by atoms with Crippen molar-refractivity contribution < 1.29 is 0 Å². The van der Waals surface area contributed by atoms with Gasteiger partial charge in [-0.25, -0.2) is 0 Å². The van der Waals surface area contributed by atoms with E-state index >= 15 is 0 Å². The Morgan fingerprint density at radius 2 is 2.14 bits per heavy atom. The molecule has 1 aromatic carbocycles. The summed E-state index contributed by atoms with van der Waals surface area (Å²) >= 11 is 1.69. The van der Waals surface area contributed by atoms with E-state index in [1.54, 1.807) is 11.3 Å². The molecule has 0 aliphatic heterocycles. The fourth-order valence-corrected chi connectivity index (χ4v) is 2.15. The first kappa shape index (κ1) is 8.81. The molecule has 0 spiro atoms. The smallest absolute Gasteiger partial charge is 0.0966 e. The summed E-state index contributed by atoms with van der Waals surface area (Å²) in [4.78, 5) is 0. The van der Waals surface area contributed by atoms with Crippen molar-refractivity contribution in [3.05, 3.63) is 35.2 Å². The number of hydrogen-bond donors (Lipinski definition) is 0. The Hall–Kier alpha value is -1.77. The van der Waals surface area contributed by atoms with Gasteiger partial charge in [0.25, 0.3) is 0 Å².